The molecule has 0 aliphatic heterocycles. The molecule has 0 radical (unpaired) electrons. The van der Waals surface area contributed by atoms with E-state index in [1.165, 1.54) is 25.3 Å². The van der Waals surface area contributed by atoms with Gasteiger partial charge in [-0.25, -0.2) is 0 Å². The second-order valence-electron chi connectivity index (χ2n) is 7.03. The van der Waals surface area contributed by atoms with Gasteiger partial charge in [-0.15, -0.1) is 0 Å². The summed E-state index contributed by atoms with van der Waals surface area (Å²) in [6, 6.07) is 13.5. The van der Waals surface area contributed by atoms with Crippen molar-refractivity contribution in [2.75, 3.05) is 19.0 Å². The van der Waals surface area contributed by atoms with Crippen molar-refractivity contribution in [2.24, 2.45) is 0 Å². The molecule has 8 heteroatoms. The van der Waals surface area contributed by atoms with E-state index >= 15 is 0 Å². The van der Waals surface area contributed by atoms with Crippen molar-refractivity contribution in [3.8, 4) is 0 Å². The van der Waals surface area contributed by atoms with Gasteiger partial charge < -0.3 is 20.7 Å². The molecule has 2 aromatic rings. The molecule has 1 aliphatic carbocycles. The second kappa shape index (κ2) is 10.2. The summed E-state index contributed by atoms with van der Waals surface area (Å²) in [5, 5.41) is 8.06. The molecule has 160 valence electrons. The van der Waals surface area contributed by atoms with Gasteiger partial charge in [0.05, 0.1) is 7.11 Å². The fourth-order valence-electron chi connectivity index (χ4n) is 2.63. The number of benzene rings is 2. The number of hydrogen-bond acceptors (Lipinski definition) is 5. The van der Waals surface area contributed by atoms with Crippen molar-refractivity contribution in [2.45, 2.75) is 18.9 Å². The minimum Gasteiger partial charge on any atom is -0.468 e. The minimum atomic E-state index is -0.541. The normalized spacial score (nSPS) is 12.8. The van der Waals surface area contributed by atoms with Gasteiger partial charge in [0.1, 0.15) is 6.54 Å². The number of hydrogen-bond donors (Lipinski definition) is 3. The van der Waals surface area contributed by atoms with Gasteiger partial charge in [-0.1, -0.05) is 12.1 Å². The van der Waals surface area contributed by atoms with E-state index in [0.717, 1.165) is 18.4 Å². The topological polar surface area (TPSA) is 114 Å². The number of nitrogens with one attached hydrogen (secondary N) is 3. The number of anilines is 1. The van der Waals surface area contributed by atoms with Crippen LogP contribution in [0.3, 0.4) is 0 Å². The summed E-state index contributed by atoms with van der Waals surface area (Å²) in [7, 11) is 1.24. The lowest BCUT2D eigenvalue weighted by molar-refractivity contribution is -0.139. The van der Waals surface area contributed by atoms with Crippen LogP contribution in [0.15, 0.2) is 54.6 Å². The zero-order valence-electron chi connectivity index (χ0n) is 17.0. The maximum atomic E-state index is 12.1. The van der Waals surface area contributed by atoms with E-state index in [0.29, 0.717) is 22.9 Å². The average Bonchev–Trinajstić information content (AvgIpc) is 3.60. The third-order valence-electron chi connectivity index (χ3n) is 4.55. The number of methoxy groups -OCH3 is 1. The Hall–Kier alpha value is -3.94. The van der Waals surface area contributed by atoms with Gasteiger partial charge in [-0.3, -0.25) is 19.2 Å². The number of amides is 3. The smallest absolute Gasteiger partial charge is 0.325 e. The first-order valence-corrected chi connectivity index (χ1v) is 9.79. The van der Waals surface area contributed by atoms with Gasteiger partial charge in [-0.2, -0.15) is 0 Å². The van der Waals surface area contributed by atoms with Crippen LogP contribution in [-0.4, -0.2) is 43.4 Å². The van der Waals surface area contributed by atoms with E-state index in [-0.39, 0.29) is 18.4 Å². The van der Waals surface area contributed by atoms with Crippen LogP contribution in [0.1, 0.15) is 39.1 Å². The van der Waals surface area contributed by atoms with Gasteiger partial charge in [0, 0.05) is 28.9 Å². The Morgan fingerprint density at radius 3 is 2.16 bits per heavy atom. The molecule has 1 saturated carbocycles. The van der Waals surface area contributed by atoms with Crippen molar-refractivity contribution >= 4 is 35.5 Å². The Morgan fingerprint density at radius 1 is 0.935 bits per heavy atom. The lowest BCUT2D eigenvalue weighted by Gasteiger charge is -2.06. The van der Waals surface area contributed by atoms with Gasteiger partial charge in [0.25, 0.3) is 11.8 Å². The maximum absolute atomic E-state index is 12.1. The van der Waals surface area contributed by atoms with E-state index in [9.17, 15) is 19.2 Å². The SMILES string of the molecule is COC(=O)CNC(=O)c1ccc(NC(=O)/C=C/c2ccc(C(=O)NC3CC3)cc2)cc1. The van der Waals surface area contributed by atoms with E-state index in [1.807, 2.05) is 0 Å². The first-order chi connectivity index (χ1) is 14.9. The first kappa shape index (κ1) is 21.8. The zero-order valence-corrected chi connectivity index (χ0v) is 17.0. The molecule has 31 heavy (non-hydrogen) atoms. The van der Waals surface area contributed by atoms with Crippen molar-refractivity contribution in [3.05, 3.63) is 71.3 Å². The Bertz CT molecular complexity index is 993. The highest BCUT2D eigenvalue weighted by Gasteiger charge is 2.23. The summed E-state index contributed by atoms with van der Waals surface area (Å²) in [6.45, 7) is -0.217. The molecule has 2 aromatic carbocycles. The predicted octanol–water partition coefficient (Wildman–Crippen LogP) is 2.13. The number of carbonyl (C=O) groups excluding carboxylic acids is 4. The first-order valence-electron chi connectivity index (χ1n) is 9.79. The third-order valence-corrected chi connectivity index (χ3v) is 4.55. The zero-order chi connectivity index (χ0) is 22.2. The van der Waals surface area contributed by atoms with Crippen molar-refractivity contribution in [1.82, 2.24) is 10.6 Å². The molecule has 3 N–H and O–H groups in total. The molecule has 1 fully saturated rings. The summed E-state index contributed by atoms with van der Waals surface area (Å²) < 4.78 is 4.46. The van der Waals surface area contributed by atoms with E-state index in [4.69, 9.17) is 0 Å². The average molecular weight is 421 g/mol. The Balaban J connectivity index is 1.49. The number of rotatable bonds is 8. The van der Waals surface area contributed by atoms with Crippen LogP contribution >= 0.6 is 0 Å². The Labute approximate surface area is 179 Å². The van der Waals surface area contributed by atoms with Crippen LogP contribution in [0.2, 0.25) is 0 Å². The summed E-state index contributed by atoms with van der Waals surface area (Å²) in [6.07, 6.45) is 5.10. The fraction of sp³-hybridized carbons (Fsp3) is 0.217. The number of carbonyl (C=O) groups is 4. The van der Waals surface area contributed by atoms with Crippen molar-refractivity contribution < 1.29 is 23.9 Å². The minimum absolute atomic E-state index is 0.0850. The van der Waals surface area contributed by atoms with Crippen LogP contribution < -0.4 is 16.0 Å². The Morgan fingerprint density at radius 2 is 1.55 bits per heavy atom. The van der Waals surface area contributed by atoms with E-state index in [2.05, 4.69) is 20.7 Å². The van der Waals surface area contributed by atoms with Gasteiger partial charge in [0.2, 0.25) is 5.91 Å². The standard InChI is InChI=1S/C23H23N3O5/c1-31-21(28)14-24-22(29)16-7-9-18(10-8-16)25-20(27)13-4-15-2-5-17(6-3-15)23(30)26-19-11-12-19/h2-10,13,19H,11-12,14H2,1H3,(H,24,29)(H,25,27)(H,26,30)/b13-4+. The fourth-order valence-corrected chi connectivity index (χ4v) is 2.63. The Kier molecular flexibility index (Phi) is 7.16. The van der Waals surface area contributed by atoms with Crippen LogP contribution in [0.25, 0.3) is 6.08 Å². The summed E-state index contributed by atoms with van der Waals surface area (Å²) in [5.41, 5.74) is 2.24. The molecular formula is C23H23N3O5. The lowest BCUT2D eigenvalue weighted by atomic mass is 10.1. The molecule has 0 saturated heterocycles. The second-order valence-corrected chi connectivity index (χ2v) is 7.03. The molecule has 0 bridgehead atoms. The highest BCUT2D eigenvalue weighted by molar-refractivity contribution is 6.02. The lowest BCUT2D eigenvalue weighted by Crippen LogP contribution is -2.30. The largest absolute Gasteiger partial charge is 0.468 e. The van der Waals surface area contributed by atoms with Crippen LogP contribution in [0.4, 0.5) is 5.69 Å². The molecule has 0 aromatic heterocycles. The molecule has 1 aliphatic rings. The summed E-state index contributed by atoms with van der Waals surface area (Å²) in [5.74, 6) is -1.38. The van der Waals surface area contributed by atoms with Gasteiger partial charge in [0.15, 0.2) is 0 Å². The number of esters is 1. The van der Waals surface area contributed by atoms with Gasteiger partial charge >= 0.3 is 5.97 Å². The van der Waals surface area contributed by atoms with Crippen LogP contribution in [-0.2, 0) is 14.3 Å². The highest BCUT2D eigenvalue weighted by atomic mass is 16.5. The van der Waals surface area contributed by atoms with Crippen LogP contribution in [0, 0.1) is 0 Å². The molecule has 3 amide bonds. The molecule has 8 nitrogen and oxygen atoms in total. The number of ether oxygens (including phenoxy) is 1. The highest BCUT2D eigenvalue weighted by Crippen LogP contribution is 2.19. The third kappa shape index (κ3) is 6.81. The summed E-state index contributed by atoms with van der Waals surface area (Å²) in [4.78, 5) is 47.1. The van der Waals surface area contributed by atoms with Crippen LogP contribution in [0.5, 0.6) is 0 Å². The van der Waals surface area contributed by atoms with Gasteiger partial charge in [-0.05, 0) is 60.9 Å². The molecule has 3 rings (SSSR count). The quantitative estimate of drug-likeness (QED) is 0.446. The molecule has 0 atom stereocenters. The monoisotopic (exact) mass is 421 g/mol. The van der Waals surface area contributed by atoms with Crippen molar-refractivity contribution in [1.29, 1.82) is 0 Å². The van der Waals surface area contributed by atoms with E-state index in [1.54, 1.807) is 42.5 Å². The molecular weight excluding hydrogens is 398 g/mol. The molecule has 0 spiro atoms. The maximum Gasteiger partial charge on any atom is 0.325 e. The van der Waals surface area contributed by atoms with E-state index < -0.39 is 11.9 Å². The summed E-state index contributed by atoms with van der Waals surface area (Å²) >= 11 is 0. The molecule has 0 heterocycles. The molecule has 0 unspecified atom stereocenters. The predicted molar refractivity (Wildman–Crippen MR) is 115 cm³/mol. The van der Waals surface area contributed by atoms with Crippen molar-refractivity contribution in [3.63, 3.8) is 0 Å².